The molecule has 0 spiro atoms. The van der Waals surface area contributed by atoms with E-state index in [1.165, 1.54) is 35.7 Å². The normalized spacial score (nSPS) is 24.8. The number of nitrogens with zero attached hydrogens (tertiary/aromatic N) is 2. The Morgan fingerprint density at radius 2 is 2.04 bits per heavy atom. The molecule has 1 saturated heterocycles. The molecule has 1 aromatic carbocycles. The minimum Gasteiger partial charge on any atom is -0.477 e. The molecule has 4 atom stereocenters. The third kappa shape index (κ3) is 3.38. The number of fused-ring (bicyclic) bond motifs is 1. The van der Waals surface area contributed by atoms with Crippen LogP contribution in [0.2, 0.25) is 0 Å². The number of non-ortho nitro benzene ring substituents is 1. The second-order valence-electron chi connectivity index (χ2n) is 6.85. The average Bonchev–Trinajstić information content (AvgIpc) is 2.90. The standard InChI is InChI=1S/C18H21N3O6S/c1-9(22)13-14-12(8-10-2-4-11(5-3-10)21(26)27)16(28-7-6-19)15(18(24)25)20(14)17(13)23/h2-5,9,12-14,22H,6-8,19H2,1H3,(H,24,25)/t9-,12-,13-,14+/m1/s1. The summed E-state index contributed by atoms with van der Waals surface area (Å²) in [5.41, 5.74) is 6.30. The van der Waals surface area contributed by atoms with E-state index in [1.54, 1.807) is 12.1 Å². The topological polar surface area (TPSA) is 147 Å². The first-order chi connectivity index (χ1) is 13.3. The highest BCUT2D eigenvalue weighted by Gasteiger charge is 2.61. The van der Waals surface area contributed by atoms with Crippen LogP contribution in [0.1, 0.15) is 12.5 Å². The summed E-state index contributed by atoms with van der Waals surface area (Å²) in [7, 11) is 0. The summed E-state index contributed by atoms with van der Waals surface area (Å²) < 4.78 is 0. The Balaban J connectivity index is 1.97. The number of nitro benzene ring substituents is 1. The monoisotopic (exact) mass is 407 g/mol. The maximum absolute atomic E-state index is 12.5. The number of β-lactam (4-membered cyclic amide) rings is 1. The number of carbonyl (C=O) groups excluding carboxylic acids is 1. The predicted octanol–water partition coefficient (Wildman–Crippen LogP) is 0.963. The second kappa shape index (κ2) is 7.90. The number of aliphatic hydroxyl groups is 1. The number of aliphatic hydroxyl groups excluding tert-OH is 1. The van der Waals surface area contributed by atoms with E-state index < -0.39 is 34.9 Å². The minimum absolute atomic E-state index is 0.0306. The lowest BCUT2D eigenvalue weighted by Gasteiger charge is -2.47. The van der Waals surface area contributed by atoms with Crippen LogP contribution in [0.15, 0.2) is 34.9 Å². The molecule has 1 amide bonds. The van der Waals surface area contributed by atoms with Crippen molar-refractivity contribution in [2.45, 2.75) is 25.5 Å². The van der Waals surface area contributed by atoms with Crippen molar-refractivity contribution in [1.82, 2.24) is 4.90 Å². The summed E-state index contributed by atoms with van der Waals surface area (Å²) in [5, 5.41) is 30.6. The molecular weight excluding hydrogens is 386 g/mol. The van der Waals surface area contributed by atoms with Crippen molar-refractivity contribution < 1.29 is 24.7 Å². The van der Waals surface area contributed by atoms with Crippen LogP contribution in [-0.2, 0) is 16.0 Å². The fraction of sp³-hybridized carbons (Fsp3) is 0.444. The third-order valence-corrected chi connectivity index (χ3v) is 6.36. The highest BCUT2D eigenvalue weighted by Crippen LogP contribution is 2.51. The van der Waals surface area contributed by atoms with Crippen LogP contribution in [0, 0.1) is 22.0 Å². The lowest BCUT2D eigenvalue weighted by molar-refractivity contribution is -0.384. The number of hydrogen-bond acceptors (Lipinski definition) is 7. The number of benzene rings is 1. The van der Waals surface area contributed by atoms with Gasteiger partial charge in [-0.3, -0.25) is 14.9 Å². The van der Waals surface area contributed by atoms with Crippen LogP contribution in [-0.4, -0.2) is 56.4 Å². The Labute approximate surface area is 165 Å². The summed E-state index contributed by atoms with van der Waals surface area (Å²) in [6.45, 7) is 1.87. The number of carboxylic acids is 1. The molecule has 2 aliphatic rings. The fourth-order valence-corrected chi connectivity index (χ4v) is 5.03. The van der Waals surface area contributed by atoms with E-state index in [4.69, 9.17) is 5.73 Å². The highest BCUT2D eigenvalue weighted by atomic mass is 32.2. The second-order valence-corrected chi connectivity index (χ2v) is 7.99. The van der Waals surface area contributed by atoms with Crippen molar-refractivity contribution in [3.05, 3.63) is 50.5 Å². The molecule has 0 radical (unpaired) electrons. The van der Waals surface area contributed by atoms with Gasteiger partial charge in [0.25, 0.3) is 5.69 Å². The summed E-state index contributed by atoms with van der Waals surface area (Å²) in [5.74, 6) is -2.07. The van der Waals surface area contributed by atoms with E-state index in [9.17, 15) is 29.9 Å². The van der Waals surface area contributed by atoms with Gasteiger partial charge in [0.05, 0.1) is 23.0 Å². The number of amides is 1. The largest absolute Gasteiger partial charge is 0.477 e. The summed E-state index contributed by atoms with van der Waals surface area (Å²) in [6, 6.07) is 5.60. The Kier molecular flexibility index (Phi) is 5.73. The number of thioether (sulfide) groups is 1. The molecule has 2 heterocycles. The van der Waals surface area contributed by atoms with Gasteiger partial charge in [-0.25, -0.2) is 4.79 Å². The Bertz CT molecular complexity index is 838. The summed E-state index contributed by atoms with van der Waals surface area (Å²) >= 11 is 1.31. The van der Waals surface area contributed by atoms with Gasteiger partial charge in [-0.05, 0) is 18.9 Å². The molecule has 0 aromatic heterocycles. The fourth-order valence-electron chi connectivity index (χ4n) is 3.94. The molecule has 9 nitrogen and oxygen atoms in total. The minimum atomic E-state index is -1.19. The lowest BCUT2D eigenvalue weighted by Crippen LogP contribution is -2.64. The van der Waals surface area contributed by atoms with Gasteiger partial charge in [0, 0.05) is 35.3 Å². The van der Waals surface area contributed by atoms with Gasteiger partial charge in [-0.2, -0.15) is 0 Å². The Hall–Kier alpha value is -2.43. The molecule has 0 saturated carbocycles. The maximum atomic E-state index is 12.5. The molecule has 0 bridgehead atoms. The summed E-state index contributed by atoms with van der Waals surface area (Å²) in [6.07, 6.45) is -0.499. The Morgan fingerprint density at radius 3 is 2.54 bits per heavy atom. The van der Waals surface area contributed by atoms with Crippen LogP contribution >= 0.6 is 11.8 Å². The van der Waals surface area contributed by atoms with Crippen molar-refractivity contribution in [2.75, 3.05) is 12.3 Å². The number of nitro groups is 1. The van der Waals surface area contributed by atoms with Gasteiger partial charge < -0.3 is 20.8 Å². The molecule has 28 heavy (non-hydrogen) atoms. The van der Waals surface area contributed by atoms with E-state index in [0.717, 1.165) is 5.56 Å². The molecule has 4 N–H and O–H groups in total. The number of carbonyl (C=O) groups is 2. The zero-order chi connectivity index (χ0) is 20.6. The molecule has 0 unspecified atom stereocenters. The van der Waals surface area contributed by atoms with Crippen molar-refractivity contribution in [1.29, 1.82) is 0 Å². The van der Waals surface area contributed by atoms with Gasteiger partial charge in [0.15, 0.2) is 0 Å². The van der Waals surface area contributed by atoms with Gasteiger partial charge in [-0.15, -0.1) is 11.8 Å². The van der Waals surface area contributed by atoms with Crippen molar-refractivity contribution in [2.24, 2.45) is 17.6 Å². The molecule has 1 fully saturated rings. The SMILES string of the molecule is C[C@@H](O)[C@H]1C(=O)N2C(C(=O)O)=C(SCCN)[C@H](Cc3ccc([N+](=O)[O-])cc3)[C@@H]12. The average molecular weight is 407 g/mol. The van der Waals surface area contributed by atoms with Gasteiger partial charge >= 0.3 is 5.97 Å². The number of nitrogens with two attached hydrogens (primary N) is 1. The predicted molar refractivity (Wildman–Crippen MR) is 102 cm³/mol. The van der Waals surface area contributed by atoms with E-state index in [-0.39, 0.29) is 17.3 Å². The van der Waals surface area contributed by atoms with E-state index in [2.05, 4.69) is 0 Å². The molecule has 3 rings (SSSR count). The van der Waals surface area contributed by atoms with E-state index in [0.29, 0.717) is 23.6 Å². The van der Waals surface area contributed by atoms with Gasteiger partial charge in [-0.1, -0.05) is 12.1 Å². The van der Waals surface area contributed by atoms with Crippen molar-refractivity contribution >= 4 is 29.3 Å². The zero-order valence-corrected chi connectivity index (χ0v) is 16.0. The molecule has 0 aliphatic carbocycles. The number of carboxylic acid groups (broad SMARTS) is 1. The van der Waals surface area contributed by atoms with Gasteiger partial charge in [0.2, 0.25) is 5.91 Å². The molecule has 1 aromatic rings. The zero-order valence-electron chi connectivity index (χ0n) is 15.1. The van der Waals surface area contributed by atoms with Gasteiger partial charge in [0.1, 0.15) is 5.70 Å². The lowest BCUT2D eigenvalue weighted by atomic mass is 9.76. The number of hydrogen-bond donors (Lipinski definition) is 3. The third-order valence-electron chi connectivity index (χ3n) is 5.11. The number of aliphatic carboxylic acids is 1. The van der Waals surface area contributed by atoms with E-state index in [1.807, 2.05) is 0 Å². The van der Waals surface area contributed by atoms with Crippen LogP contribution < -0.4 is 5.73 Å². The van der Waals surface area contributed by atoms with Crippen LogP contribution in [0.5, 0.6) is 0 Å². The van der Waals surface area contributed by atoms with Crippen LogP contribution in [0.25, 0.3) is 0 Å². The smallest absolute Gasteiger partial charge is 0.353 e. The highest BCUT2D eigenvalue weighted by molar-refractivity contribution is 8.03. The molecule has 10 heteroatoms. The van der Waals surface area contributed by atoms with Crippen molar-refractivity contribution in [3.8, 4) is 0 Å². The molecule has 2 aliphatic heterocycles. The first-order valence-electron chi connectivity index (χ1n) is 8.82. The number of rotatable bonds is 8. The maximum Gasteiger partial charge on any atom is 0.353 e. The first kappa shape index (κ1) is 20.3. The van der Waals surface area contributed by atoms with Crippen LogP contribution in [0.3, 0.4) is 0 Å². The summed E-state index contributed by atoms with van der Waals surface area (Å²) in [4.78, 5) is 36.6. The van der Waals surface area contributed by atoms with Crippen LogP contribution in [0.4, 0.5) is 5.69 Å². The molecular formula is C18H21N3O6S. The first-order valence-corrected chi connectivity index (χ1v) is 9.81. The van der Waals surface area contributed by atoms with Crippen molar-refractivity contribution in [3.63, 3.8) is 0 Å². The quantitative estimate of drug-likeness (QED) is 0.328. The molecule has 150 valence electrons. The van der Waals surface area contributed by atoms with E-state index >= 15 is 0 Å². The Morgan fingerprint density at radius 1 is 1.39 bits per heavy atom.